The molecule has 6 heteroatoms. The lowest BCUT2D eigenvalue weighted by molar-refractivity contribution is 0.0868. The van der Waals surface area contributed by atoms with E-state index >= 15 is 0 Å². The molecule has 0 aromatic rings. The van der Waals surface area contributed by atoms with Crippen molar-refractivity contribution in [2.24, 2.45) is 5.41 Å². The second kappa shape index (κ2) is 5.48. The quantitative estimate of drug-likeness (QED) is 0.722. The molecule has 0 aromatic carbocycles. The maximum Gasteiger partial charge on any atom is 0.225 e. The first-order valence-electron chi connectivity index (χ1n) is 5.18. The Hall–Kier alpha value is 0.160. The minimum atomic E-state index is -3.36. The van der Waals surface area contributed by atoms with Crippen molar-refractivity contribution in [3.05, 3.63) is 0 Å². The first-order valence-corrected chi connectivity index (χ1v) is 7.36. The second-order valence-corrected chi connectivity index (χ2v) is 6.65. The van der Waals surface area contributed by atoms with Crippen LogP contribution >= 0.6 is 11.6 Å². The predicted molar refractivity (Wildman–Crippen MR) is 60.2 cm³/mol. The minimum absolute atomic E-state index is 0.0395. The van der Waals surface area contributed by atoms with Crippen LogP contribution in [0.4, 0.5) is 0 Å². The van der Waals surface area contributed by atoms with E-state index in [0.29, 0.717) is 6.54 Å². The third-order valence-electron chi connectivity index (χ3n) is 3.06. The van der Waals surface area contributed by atoms with Gasteiger partial charge in [-0.25, -0.2) is 13.1 Å². The summed E-state index contributed by atoms with van der Waals surface area (Å²) in [6.45, 7) is 0.344. The number of hydrogen-bond acceptors (Lipinski definition) is 3. The van der Waals surface area contributed by atoms with Crippen molar-refractivity contribution >= 4 is 21.6 Å². The Kier molecular flexibility index (Phi) is 4.83. The standard InChI is InChI=1S/C9H18ClNO3S/c10-8-15(13,14)11-6-9(7-12)4-2-1-3-5-9/h11-12H,1-8H2. The molecule has 0 atom stereocenters. The Morgan fingerprint density at radius 2 is 1.87 bits per heavy atom. The third kappa shape index (κ3) is 3.90. The van der Waals surface area contributed by atoms with Crippen molar-refractivity contribution in [3.63, 3.8) is 0 Å². The zero-order chi connectivity index (χ0) is 11.4. The topological polar surface area (TPSA) is 66.4 Å². The smallest absolute Gasteiger partial charge is 0.225 e. The van der Waals surface area contributed by atoms with E-state index in [9.17, 15) is 13.5 Å². The predicted octanol–water partition coefficient (Wildman–Crippen LogP) is 1.04. The summed E-state index contributed by atoms with van der Waals surface area (Å²) in [7, 11) is -3.36. The normalized spacial score (nSPS) is 21.5. The summed E-state index contributed by atoms with van der Waals surface area (Å²) < 4.78 is 24.8. The van der Waals surface area contributed by atoms with E-state index in [0.717, 1.165) is 25.7 Å². The van der Waals surface area contributed by atoms with Crippen LogP contribution in [0.3, 0.4) is 0 Å². The van der Waals surface area contributed by atoms with Crippen molar-refractivity contribution in [2.45, 2.75) is 32.1 Å². The number of hydrogen-bond donors (Lipinski definition) is 2. The molecule has 0 aliphatic heterocycles. The average molecular weight is 256 g/mol. The second-order valence-electron chi connectivity index (χ2n) is 4.26. The molecular formula is C9H18ClNO3S. The third-order valence-corrected chi connectivity index (χ3v) is 4.79. The van der Waals surface area contributed by atoms with Gasteiger partial charge in [0.15, 0.2) is 0 Å². The summed E-state index contributed by atoms with van der Waals surface area (Å²) in [4.78, 5) is 0. The average Bonchev–Trinajstić information content (AvgIpc) is 2.28. The summed E-state index contributed by atoms with van der Waals surface area (Å²) in [6, 6.07) is 0. The lowest BCUT2D eigenvalue weighted by Gasteiger charge is -2.35. The number of aliphatic hydroxyl groups excluding tert-OH is 1. The Labute approximate surface area is 96.1 Å². The molecule has 1 saturated carbocycles. The van der Waals surface area contributed by atoms with Crippen LogP contribution < -0.4 is 4.72 Å². The first-order chi connectivity index (χ1) is 7.04. The largest absolute Gasteiger partial charge is 0.396 e. The van der Waals surface area contributed by atoms with Crippen LogP contribution in [0.2, 0.25) is 0 Å². The highest BCUT2D eigenvalue weighted by molar-refractivity contribution is 7.90. The zero-order valence-electron chi connectivity index (χ0n) is 8.71. The van der Waals surface area contributed by atoms with Crippen LogP contribution in [0.15, 0.2) is 0 Å². The van der Waals surface area contributed by atoms with Crippen molar-refractivity contribution in [1.29, 1.82) is 0 Å². The minimum Gasteiger partial charge on any atom is -0.396 e. The summed E-state index contributed by atoms with van der Waals surface area (Å²) in [6.07, 6.45) is 5.05. The molecule has 0 amide bonds. The van der Waals surface area contributed by atoms with Crippen molar-refractivity contribution < 1.29 is 13.5 Å². The molecule has 0 bridgehead atoms. The van der Waals surface area contributed by atoms with Gasteiger partial charge in [-0.15, -0.1) is 11.6 Å². The van der Waals surface area contributed by atoms with Gasteiger partial charge in [0.05, 0.1) is 0 Å². The molecule has 4 nitrogen and oxygen atoms in total. The molecule has 1 aliphatic carbocycles. The lowest BCUT2D eigenvalue weighted by atomic mass is 9.75. The summed E-state index contributed by atoms with van der Waals surface area (Å²) in [5.74, 6) is 0. The molecule has 2 N–H and O–H groups in total. The van der Waals surface area contributed by atoms with E-state index in [1.54, 1.807) is 0 Å². The Bertz CT molecular complexity index is 286. The molecule has 0 aromatic heterocycles. The molecule has 0 saturated heterocycles. The van der Waals surface area contributed by atoms with Gasteiger partial charge in [0.1, 0.15) is 5.21 Å². The number of alkyl halides is 1. The highest BCUT2D eigenvalue weighted by atomic mass is 35.5. The van der Waals surface area contributed by atoms with Gasteiger partial charge in [0.25, 0.3) is 0 Å². The van der Waals surface area contributed by atoms with E-state index in [4.69, 9.17) is 11.6 Å². The highest BCUT2D eigenvalue weighted by Crippen LogP contribution is 2.35. The van der Waals surface area contributed by atoms with Crippen LogP contribution in [0.5, 0.6) is 0 Å². The van der Waals surface area contributed by atoms with E-state index in [2.05, 4.69) is 4.72 Å². The van der Waals surface area contributed by atoms with Gasteiger partial charge in [-0.2, -0.15) is 0 Å². The Morgan fingerprint density at radius 3 is 2.33 bits per heavy atom. The van der Waals surface area contributed by atoms with Gasteiger partial charge >= 0.3 is 0 Å². The number of halogens is 1. The zero-order valence-corrected chi connectivity index (χ0v) is 10.3. The molecule has 0 radical (unpaired) electrons. The van der Waals surface area contributed by atoms with Crippen LogP contribution in [0, 0.1) is 5.41 Å². The summed E-state index contributed by atoms with van der Waals surface area (Å²) in [5.41, 5.74) is -0.266. The SMILES string of the molecule is O=S(=O)(CCl)NCC1(CO)CCCCC1. The molecule has 1 aliphatic rings. The highest BCUT2D eigenvalue weighted by Gasteiger charge is 2.32. The van der Waals surface area contributed by atoms with Crippen LogP contribution in [0.25, 0.3) is 0 Å². The summed E-state index contributed by atoms with van der Waals surface area (Å²) in [5, 5.41) is 8.92. The van der Waals surface area contributed by atoms with E-state index < -0.39 is 15.2 Å². The van der Waals surface area contributed by atoms with Crippen LogP contribution in [-0.4, -0.2) is 31.9 Å². The Morgan fingerprint density at radius 1 is 1.27 bits per heavy atom. The number of nitrogens with one attached hydrogen (secondary N) is 1. The van der Waals surface area contributed by atoms with Crippen LogP contribution in [-0.2, 0) is 10.0 Å². The van der Waals surface area contributed by atoms with Crippen molar-refractivity contribution in [2.75, 3.05) is 18.4 Å². The molecule has 90 valence electrons. The molecule has 0 heterocycles. The Balaban J connectivity index is 2.53. The van der Waals surface area contributed by atoms with Gasteiger partial charge in [0.2, 0.25) is 10.0 Å². The maximum atomic E-state index is 11.2. The van der Waals surface area contributed by atoms with Gasteiger partial charge in [-0.3, -0.25) is 0 Å². The maximum absolute atomic E-state index is 11.2. The molecular weight excluding hydrogens is 238 g/mol. The van der Waals surface area contributed by atoms with Gasteiger partial charge in [0, 0.05) is 18.6 Å². The number of rotatable bonds is 5. The van der Waals surface area contributed by atoms with Crippen molar-refractivity contribution in [3.8, 4) is 0 Å². The number of sulfonamides is 1. The first kappa shape index (κ1) is 13.2. The van der Waals surface area contributed by atoms with E-state index in [-0.39, 0.29) is 12.0 Å². The van der Waals surface area contributed by atoms with Gasteiger partial charge < -0.3 is 5.11 Å². The fourth-order valence-electron chi connectivity index (χ4n) is 1.99. The van der Waals surface area contributed by atoms with Gasteiger partial charge in [-0.05, 0) is 12.8 Å². The lowest BCUT2D eigenvalue weighted by Crippen LogP contribution is -2.41. The fourth-order valence-corrected chi connectivity index (χ4v) is 2.83. The van der Waals surface area contributed by atoms with E-state index in [1.807, 2.05) is 0 Å². The van der Waals surface area contributed by atoms with E-state index in [1.165, 1.54) is 6.42 Å². The van der Waals surface area contributed by atoms with Crippen LogP contribution in [0.1, 0.15) is 32.1 Å². The number of aliphatic hydroxyl groups is 1. The summed E-state index contributed by atoms with van der Waals surface area (Å²) >= 11 is 5.29. The molecule has 0 spiro atoms. The van der Waals surface area contributed by atoms with Crippen molar-refractivity contribution in [1.82, 2.24) is 4.72 Å². The fraction of sp³-hybridized carbons (Fsp3) is 1.00. The molecule has 1 fully saturated rings. The molecule has 1 rings (SSSR count). The van der Waals surface area contributed by atoms with Gasteiger partial charge in [-0.1, -0.05) is 19.3 Å². The molecule has 15 heavy (non-hydrogen) atoms. The molecule has 0 unspecified atom stereocenters. The monoisotopic (exact) mass is 255 g/mol.